The number of carbonyl (C=O) groups excluding carboxylic acids is 3. The van der Waals surface area contributed by atoms with Gasteiger partial charge in [0.05, 0.1) is 4.91 Å². The molecular formula is C21H19ClN2O3S. The molecule has 7 heteroatoms. The highest BCUT2D eigenvalue weighted by atomic mass is 35.5. The highest BCUT2D eigenvalue weighted by Crippen LogP contribution is 2.32. The van der Waals surface area contributed by atoms with E-state index in [1.165, 1.54) is 0 Å². The van der Waals surface area contributed by atoms with Crippen LogP contribution >= 0.6 is 23.4 Å². The fraction of sp³-hybridized carbons (Fsp3) is 0.190. The standard InChI is InChI=1S/C21H19ClN2O3S/c1-13-4-3-5-17(14(13)2)19(25)23-10-11-24-20(26)18(28-21(24)27)12-15-6-8-16(22)9-7-15/h3-9,12H,10-11H2,1-2H3,(H,23,25)/b18-12-. The summed E-state index contributed by atoms with van der Waals surface area (Å²) < 4.78 is 0. The summed E-state index contributed by atoms with van der Waals surface area (Å²) in [7, 11) is 0. The molecule has 0 aliphatic carbocycles. The van der Waals surface area contributed by atoms with Gasteiger partial charge >= 0.3 is 0 Å². The van der Waals surface area contributed by atoms with Crippen molar-refractivity contribution in [2.45, 2.75) is 13.8 Å². The van der Waals surface area contributed by atoms with Crippen LogP contribution in [-0.2, 0) is 4.79 Å². The molecule has 28 heavy (non-hydrogen) atoms. The van der Waals surface area contributed by atoms with Crippen molar-refractivity contribution in [1.29, 1.82) is 0 Å². The number of carbonyl (C=O) groups is 3. The van der Waals surface area contributed by atoms with E-state index in [4.69, 9.17) is 11.6 Å². The van der Waals surface area contributed by atoms with Crippen LogP contribution in [0.15, 0.2) is 47.4 Å². The van der Waals surface area contributed by atoms with E-state index in [9.17, 15) is 14.4 Å². The van der Waals surface area contributed by atoms with E-state index in [2.05, 4.69) is 5.32 Å². The molecule has 1 heterocycles. The van der Waals surface area contributed by atoms with E-state index in [1.807, 2.05) is 26.0 Å². The molecular weight excluding hydrogens is 396 g/mol. The summed E-state index contributed by atoms with van der Waals surface area (Å²) in [4.78, 5) is 38.6. The average Bonchev–Trinajstić information content (AvgIpc) is 2.93. The Labute approximate surface area is 172 Å². The number of hydrogen-bond donors (Lipinski definition) is 1. The minimum absolute atomic E-state index is 0.124. The third kappa shape index (κ3) is 4.46. The molecule has 1 aliphatic heterocycles. The number of halogens is 1. The van der Waals surface area contributed by atoms with Crippen LogP contribution in [0.4, 0.5) is 4.79 Å². The maximum absolute atomic E-state index is 12.5. The van der Waals surface area contributed by atoms with E-state index in [1.54, 1.807) is 36.4 Å². The summed E-state index contributed by atoms with van der Waals surface area (Å²) in [5.41, 5.74) is 3.33. The lowest BCUT2D eigenvalue weighted by atomic mass is 10.0. The van der Waals surface area contributed by atoms with Crippen LogP contribution in [0.5, 0.6) is 0 Å². The van der Waals surface area contributed by atoms with Gasteiger partial charge in [-0.1, -0.05) is 35.9 Å². The molecule has 2 aromatic rings. The van der Waals surface area contributed by atoms with Gasteiger partial charge in [-0.2, -0.15) is 0 Å². The normalized spacial score (nSPS) is 15.4. The summed E-state index contributed by atoms with van der Waals surface area (Å²) in [5.74, 6) is -0.573. The molecule has 1 N–H and O–H groups in total. The predicted molar refractivity (Wildman–Crippen MR) is 112 cm³/mol. The van der Waals surface area contributed by atoms with Crippen molar-refractivity contribution in [1.82, 2.24) is 10.2 Å². The van der Waals surface area contributed by atoms with Gasteiger partial charge in [0.15, 0.2) is 0 Å². The van der Waals surface area contributed by atoms with Crippen molar-refractivity contribution in [3.63, 3.8) is 0 Å². The average molecular weight is 415 g/mol. The number of imide groups is 1. The van der Waals surface area contributed by atoms with E-state index in [0.717, 1.165) is 33.4 Å². The molecule has 1 saturated heterocycles. The van der Waals surface area contributed by atoms with Crippen LogP contribution in [0, 0.1) is 13.8 Å². The first-order chi connectivity index (χ1) is 13.4. The minimum Gasteiger partial charge on any atom is -0.350 e. The molecule has 0 spiro atoms. The first-order valence-electron chi connectivity index (χ1n) is 8.72. The number of nitrogens with one attached hydrogen (secondary N) is 1. The van der Waals surface area contributed by atoms with E-state index >= 15 is 0 Å². The summed E-state index contributed by atoms with van der Waals surface area (Å²) in [6.45, 7) is 4.15. The summed E-state index contributed by atoms with van der Waals surface area (Å²) >= 11 is 6.75. The zero-order valence-corrected chi connectivity index (χ0v) is 17.1. The van der Waals surface area contributed by atoms with Crippen molar-refractivity contribution in [2.24, 2.45) is 0 Å². The monoisotopic (exact) mass is 414 g/mol. The molecule has 0 atom stereocenters. The zero-order valence-electron chi connectivity index (χ0n) is 15.5. The van der Waals surface area contributed by atoms with E-state index < -0.39 is 0 Å². The molecule has 0 bridgehead atoms. The number of aryl methyl sites for hydroxylation is 1. The Morgan fingerprint density at radius 1 is 1.14 bits per heavy atom. The van der Waals surface area contributed by atoms with E-state index in [-0.39, 0.29) is 30.1 Å². The molecule has 0 radical (unpaired) electrons. The smallest absolute Gasteiger partial charge is 0.293 e. The Morgan fingerprint density at radius 3 is 2.57 bits per heavy atom. The Bertz CT molecular complexity index is 970. The highest BCUT2D eigenvalue weighted by Gasteiger charge is 2.34. The molecule has 3 rings (SSSR count). The van der Waals surface area contributed by atoms with Crippen LogP contribution < -0.4 is 5.32 Å². The summed E-state index contributed by atoms with van der Waals surface area (Å²) in [6.07, 6.45) is 1.66. The lowest BCUT2D eigenvalue weighted by Gasteiger charge is -2.14. The van der Waals surface area contributed by atoms with Crippen molar-refractivity contribution in [3.05, 3.63) is 74.6 Å². The summed E-state index contributed by atoms with van der Waals surface area (Å²) in [5, 5.41) is 3.04. The van der Waals surface area contributed by atoms with Gasteiger partial charge in [-0.15, -0.1) is 0 Å². The second-order valence-electron chi connectivity index (χ2n) is 6.39. The van der Waals surface area contributed by atoms with Crippen LogP contribution in [0.1, 0.15) is 27.0 Å². The third-order valence-electron chi connectivity index (χ3n) is 4.51. The first-order valence-corrected chi connectivity index (χ1v) is 9.91. The molecule has 1 fully saturated rings. The topological polar surface area (TPSA) is 66.5 Å². The van der Waals surface area contributed by atoms with Gasteiger partial charge in [-0.25, -0.2) is 0 Å². The molecule has 144 valence electrons. The maximum Gasteiger partial charge on any atom is 0.293 e. The number of rotatable bonds is 5. The van der Waals surface area contributed by atoms with Crippen LogP contribution in [0.2, 0.25) is 5.02 Å². The SMILES string of the molecule is Cc1cccc(C(=O)NCCN2C(=O)S/C(=C\c3ccc(Cl)cc3)C2=O)c1C. The molecule has 5 nitrogen and oxygen atoms in total. The van der Waals surface area contributed by atoms with Gasteiger partial charge < -0.3 is 5.32 Å². The minimum atomic E-state index is -0.356. The second kappa shape index (κ2) is 8.63. The Kier molecular flexibility index (Phi) is 6.21. The van der Waals surface area contributed by atoms with Gasteiger partial charge in [0.2, 0.25) is 0 Å². The lowest BCUT2D eigenvalue weighted by Crippen LogP contribution is -2.37. The molecule has 0 saturated carbocycles. The van der Waals surface area contributed by atoms with E-state index in [0.29, 0.717) is 15.5 Å². The molecule has 1 aliphatic rings. The van der Waals surface area contributed by atoms with Crippen LogP contribution in [0.3, 0.4) is 0 Å². The fourth-order valence-corrected chi connectivity index (χ4v) is 3.77. The van der Waals surface area contributed by atoms with Crippen LogP contribution in [0.25, 0.3) is 6.08 Å². The zero-order chi connectivity index (χ0) is 20.3. The fourth-order valence-electron chi connectivity index (χ4n) is 2.78. The summed E-state index contributed by atoms with van der Waals surface area (Å²) in [6, 6.07) is 12.5. The largest absolute Gasteiger partial charge is 0.350 e. The Hall–Kier alpha value is -2.57. The predicted octanol–water partition coefficient (Wildman–Crippen LogP) is 4.42. The molecule has 0 unspecified atom stereocenters. The molecule has 0 aromatic heterocycles. The quantitative estimate of drug-likeness (QED) is 0.735. The number of nitrogens with zero attached hydrogens (tertiary/aromatic N) is 1. The van der Waals surface area contributed by atoms with Gasteiger partial charge in [0.25, 0.3) is 17.1 Å². The Balaban J connectivity index is 1.61. The number of thioether (sulfide) groups is 1. The van der Waals surface area contributed by atoms with Crippen molar-refractivity contribution in [3.8, 4) is 0 Å². The third-order valence-corrected chi connectivity index (χ3v) is 5.67. The second-order valence-corrected chi connectivity index (χ2v) is 7.82. The number of amides is 3. The number of benzene rings is 2. The van der Waals surface area contributed by atoms with Gasteiger partial charge in [-0.05, 0) is 66.6 Å². The Morgan fingerprint density at radius 2 is 1.86 bits per heavy atom. The molecule has 2 aromatic carbocycles. The first kappa shape index (κ1) is 20.2. The number of hydrogen-bond acceptors (Lipinski definition) is 4. The van der Waals surface area contributed by atoms with Gasteiger partial charge in [0, 0.05) is 23.7 Å². The van der Waals surface area contributed by atoms with Crippen molar-refractivity contribution in [2.75, 3.05) is 13.1 Å². The highest BCUT2D eigenvalue weighted by molar-refractivity contribution is 8.18. The maximum atomic E-state index is 12.5. The van der Waals surface area contributed by atoms with Gasteiger partial charge in [-0.3, -0.25) is 19.3 Å². The lowest BCUT2D eigenvalue weighted by molar-refractivity contribution is -0.122. The van der Waals surface area contributed by atoms with Crippen LogP contribution in [-0.4, -0.2) is 35.0 Å². The van der Waals surface area contributed by atoms with Crippen molar-refractivity contribution >= 4 is 46.5 Å². The van der Waals surface area contributed by atoms with Crippen molar-refractivity contribution < 1.29 is 14.4 Å². The molecule has 3 amide bonds. The van der Waals surface area contributed by atoms with Gasteiger partial charge in [0.1, 0.15) is 0 Å².